The van der Waals surface area contributed by atoms with Gasteiger partial charge in [-0.25, -0.2) is 4.39 Å². The number of amides is 1. The minimum atomic E-state index is -0.461. The Morgan fingerprint density at radius 1 is 1.17 bits per heavy atom. The zero-order valence-corrected chi connectivity index (χ0v) is 12.4. The highest BCUT2D eigenvalue weighted by Crippen LogP contribution is 2.21. The molecule has 23 heavy (non-hydrogen) atoms. The van der Waals surface area contributed by atoms with Crippen molar-refractivity contribution in [2.75, 3.05) is 0 Å². The molecule has 116 valence electrons. The molecule has 0 saturated carbocycles. The number of nitrogens with one attached hydrogen (secondary N) is 1. The second-order valence-corrected chi connectivity index (χ2v) is 5.01. The summed E-state index contributed by atoms with van der Waals surface area (Å²) in [5.41, 5.74) is 2.11. The average Bonchev–Trinajstić information content (AvgIpc) is 3.02. The maximum Gasteiger partial charge on any atom is 0.251 e. The van der Waals surface area contributed by atoms with Crippen molar-refractivity contribution in [2.45, 2.75) is 13.5 Å². The van der Waals surface area contributed by atoms with Gasteiger partial charge in [0.2, 0.25) is 11.8 Å². The SMILES string of the molecule is Cc1ccccc1-c1nnc(CNC(=O)c2cccc(F)c2)o1. The van der Waals surface area contributed by atoms with Gasteiger partial charge in [0.15, 0.2) is 0 Å². The molecule has 1 aromatic heterocycles. The van der Waals surface area contributed by atoms with Crippen LogP contribution in [-0.2, 0) is 6.54 Å². The fourth-order valence-corrected chi connectivity index (χ4v) is 2.13. The van der Waals surface area contributed by atoms with Crippen molar-refractivity contribution >= 4 is 5.91 Å². The Morgan fingerprint density at radius 3 is 2.78 bits per heavy atom. The summed E-state index contributed by atoms with van der Waals surface area (Å²) in [6.07, 6.45) is 0. The lowest BCUT2D eigenvalue weighted by atomic mass is 10.1. The first-order valence-corrected chi connectivity index (χ1v) is 7.05. The van der Waals surface area contributed by atoms with Crippen molar-refractivity contribution in [1.29, 1.82) is 0 Å². The van der Waals surface area contributed by atoms with Gasteiger partial charge < -0.3 is 9.73 Å². The van der Waals surface area contributed by atoms with Crippen LogP contribution >= 0.6 is 0 Å². The molecule has 1 heterocycles. The molecule has 0 spiro atoms. The molecule has 5 nitrogen and oxygen atoms in total. The summed E-state index contributed by atoms with van der Waals surface area (Å²) in [5.74, 6) is -0.177. The van der Waals surface area contributed by atoms with E-state index in [1.165, 1.54) is 24.3 Å². The van der Waals surface area contributed by atoms with E-state index in [-0.39, 0.29) is 18.0 Å². The van der Waals surface area contributed by atoms with Gasteiger partial charge in [-0.15, -0.1) is 10.2 Å². The van der Waals surface area contributed by atoms with E-state index in [1.54, 1.807) is 0 Å². The lowest BCUT2D eigenvalue weighted by Gasteiger charge is -2.02. The molecule has 0 fully saturated rings. The Hall–Kier alpha value is -3.02. The quantitative estimate of drug-likeness (QED) is 0.804. The first-order valence-electron chi connectivity index (χ1n) is 7.05. The van der Waals surface area contributed by atoms with Crippen LogP contribution in [0.4, 0.5) is 4.39 Å². The summed E-state index contributed by atoms with van der Waals surface area (Å²) in [7, 11) is 0. The zero-order valence-electron chi connectivity index (χ0n) is 12.4. The lowest BCUT2D eigenvalue weighted by Crippen LogP contribution is -2.23. The third-order valence-corrected chi connectivity index (χ3v) is 3.33. The lowest BCUT2D eigenvalue weighted by molar-refractivity contribution is 0.0947. The number of aryl methyl sites for hydroxylation is 1. The minimum Gasteiger partial charge on any atom is -0.419 e. The highest BCUT2D eigenvalue weighted by atomic mass is 19.1. The Kier molecular flexibility index (Phi) is 4.14. The molecule has 0 aliphatic rings. The van der Waals surface area contributed by atoms with Crippen molar-refractivity contribution in [1.82, 2.24) is 15.5 Å². The Bertz CT molecular complexity index is 845. The number of benzene rings is 2. The number of halogens is 1. The number of carbonyl (C=O) groups is 1. The minimum absolute atomic E-state index is 0.0776. The van der Waals surface area contributed by atoms with Crippen molar-refractivity contribution in [3.05, 3.63) is 71.4 Å². The van der Waals surface area contributed by atoms with Crippen LogP contribution in [0.5, 0.6) is 0 Å². The largest absolute Gasteiger partial charge is 0.419 e. The Morgan fingerprint density at radius 2 is 2.00 bits per heavy atom. The van der Waals surface area contributed by atoms with E-state index in [1.807, 2.05) is 31.2 Å². The van der Waals surface area contributed by atoms with Gasteiger partial charge in [-0.05, 0) is 36.8 Å². The normalized spacial score (nSPS) is 10.5. The monoisotopic (exact) mass is 311 g/mol. The number of nitrogens with zero attached hydrogens (tertiary/aromatic N) is 2. The number of rotatable bonds is 4. The number of hydrogen-bond acceptors (Lipinski definition) is 4. The molecule has 3 rings (SSSR count). The van der Waals surface area contributed by atoms with Gasteiger partial charge in [0, 0.05) is 11.1 Å². The molecule has 3 aromatic rings. The summed E-state index contributed by atoms with van der Waals surface area (Å²) < 4.78 is 18.6. The van der Waals surface area contributed by atoms with Crippen LogP contribution in [0.3, 0.4) is 0 Å². The fraction of sp³-hybridized carbons (Fsp3) is 0.118. The van der Waals surface area contributed by atoms with Gasteiger partial charge in [-0.2, -0.15) is 0 Å². The van der Waals surface area contributed by atoms with E-state index in [0.29, 0.717) is 5.89 Å². The number of carbonyl (C=O) groups excluding carboxylic acids is 1. The number of aromatic nitrogens is 2. The third kappa shape index (κ3) is 3.42. The van der Waals surface area contributed by atoms with E-state index in [4.69, 9.17) is 4.42 Å². The van der Waals surface area contributed by atoms with Gasteiger partial charge in [0.1, 0.15) is 5.82 Å². The van der Waals surface area contributed by atoms with Crippen molar-refractivity contribution < 1.29 is 13.6 Å². The van der Waals surface area contributed by atoms with Crippen molar-refractivity contribution in [3.8, 4) is 11.5 Å². The summed E-state index contributed by atoms with van der Waals surface area (Å²) in [6.45, 7) is 2.03. The van der Waals surface area contributed by atoms with Gasteiger partial charge in [-0.1, -0.05) is 24.3 Å². The summed E-state index contributed by atoms with van der Waals surface area (Å²) in [6, 6.07) is 13.1. The zero-order chi connectivity index (χ0) is 16.2. The van der Waals surface area contributed by atoms with E-state index in [9.17, 15) is 9.18 Å². The average molecular weight is 311 g/mol. The van der Waals surface area contributed by atoms with E-state index >= 15 is 0 Å². The van der Waals surface area contributed by atoms with Crippen LogP contribution in [0.25, 0.3) is 11.5 Å². The van der Waals surface area contributed by atoms with Crippen LogP contribution in [0.2, 0.25) is 0 Å². The van der Waals surface area contributed by atoms with Crippen LogP contribution in [0.1, 0.15) is 21.8 Å². The fourth-order valence-electron chi connectivity index (χ4n) is 2.13. The van der Waals surface area contributed by atoms with Crippen LogP contribution in [-0.4, -0.2) is 16.1 Å². The first-order chi connectivity index (χ1) is 11.1. The molecule has 0 saturated heterocycles. The van der Waals surface area contributed by atoms with Gasteiger partial charge in [-0.3, -0.25) is 4.79 Å². The molecule has 1 N–H and O–H groups in total. The van der Waals surface area contributed by atoms with E-state index < -0.39 is 11.7 Å². The summed E-state index contributed by atoms with van der Waals surface area (Å²) in [4.78, 5) is 11.9. The van der Waals surface area contributed by atoms with E-state index in [2.05, 4.69) is 15.5 Å². The first kappa shape index (κ1) is 14.9. The predicted molar refractivity (Wildman–Crippen MR) is 82.0 cm³/mol. The molecule has 1 amide bonds. The van der Waals surface area contributed by atoms with Crippen LogP contribution in [0, 0.1) is 12.7 Å². The molecule has 0 aliphatic heterocycles. The Labute approximate surface area is 132 Å². The van der Waals surface area contributed by atoms with Gasteiger partial charge in [0.05, 0.1) is 6.54 Å². The van der Waals surface area contributed by atoms with E-state index in [0.717, 1.165) is 11.1 Å². The highest BCUT2D eigenvalue weighted by Gasteiger charge is 2.12. The smallest absolute Gasteiger partial charge is 0.251 e. The van der Waals surface area contributed by atoms with Crippen LogP contribution in [0.15, 0.2) is 52.9 Å². The van der Waals surface area contributed by atoms with Gasteiger partial charge in [0.25, 0.3) is 5.91 Å². The third-order valence-electron chi connectivity index (χ3n) is 3.33. The topological polar surface area (TPSA) is 68.0 Å². The van der Waals surface area contributed by atoms with Crippen molar-refractivity contribution in [3.63, 3.8) is 0 Å². The molecular weight excluding hydrogens is 297 g/mol. The maximum absolute atomic E-state index is 13.1. The van der Waals surface area contributed by atoms with Gasteiger partial charge >= 0.3 is 0 Å². The summed E-state index contributed by atoms with van der Waals surface area (Å²) in [5, 5.41) is 10.5. The second-order valence-electron chi connectivity index (χ2n) is 5.01. The molecule has 0 unspecified atom stereocenters. The molecule has 0 bridgehead atoms. The standard InChI is InChI=1S/C17H14FN3O2/c1-11-5-2-3-8-14(11)17-21-20-15(23-17)10-19-16(22)12-6-4-7-13(18)9-12/h2-9H,10H2,1H3,(H,19,22). The molecule has 0 aliphatic carbocycles. The molecular formula is C17H14FN3O2. The molecule has 0 radical (unpaired) electrons. The second kappa shape index (κ2) is 6.39. The van der Waals surface area contributed by atoms with Crippen molar-refractivity contribution in [2.24, 2.45) is 0 Å². The molecule has 6 heteroatoms. The summed E-state index contributed by atoms with van der Waals surface area (Å²) >= 11 is 0. The molecule has 0 atom stereocenters. The maximum atomic E-state index is 13.1. The van der Waals surface area contributed by atoms with Crippen LogP contribution < -0.4 is 5.32 Å². The molecule has 2 aromatic carbocycles. The number of hydrogen-bond donors (Lipinski definition) is 1. The Balaban J connectivity index is 1.68. The predicted octanol–water partition coefficient (Wildman–Crippen LogP) is 3.11. The highest BCUT2D eigenvalue weighted by molar-refractivity contribution is 5.94.